The van der Waals surface area contributed by atoms with Gasteiger partial charge in [0.1, 0.15) is 11.6 Å². The van der Waals surface area contributed by atoms with Crippen LogP contribution in [0.15, 0.2) is 30.3 Å². The number of aromatic nitrogens is 1. The highest BCUT2D eigenvalue weighted by Crippen LogP contribution is 2.30. The Balaban J connectivity index is 2.57. The van der Waals surface area contributed by atoms with Gasteiger partial charge in [-0.15, -0.1) is 0 Å². The summed E-state index contributed by atoms with van der Waals surface area (Å²) in [5.41, 5.74) is 9.96. The maximum absolute atomic E-state index is 9.67. The number of phenols is 1. The van der Waals surface area contributed by atoms with Gasteiger partial charge in [-0.25, -0.2) is 4.98 Å². The lowest BCUT2D eigenvalue weighted by atomic mass is 10.1. The molecule has 0 fully saturated rings. The van der Waals surface area contributed by atoms with Crippen molar-refractivity contribution < 1.29 is 5.11 Å². The SMILES string of the molecule is CCN(c1cccc(O)c1)c1nc(C)cc(C)c1CN. The van der Waals surface area contributed by atoms with Crippen LogP contribution in [0.4, 0.5) is 11.5 Å². The zero-order valence-electron chi connectivity index (χ0n) is 12.2. The second-order valence-electron chi connectivity index (χ2n) is 4.85. The Kier molecular flexibility index (Phi) is 4.25. The summed E-state index contributed by atoms with van der Waals surface area (Å²) in [6.07, 6.45) is 0. The van der Waals surface area contributed by atoms with Crippen LogP contribution < -0.4 is 10.6 Å². The summed E-state index contributed by atoms with van der Waals surface area (Å²) < 4.78 is 0. The zero-order chi connectivity index (χ0) is 14.7. The van der Waals surface area contributed by atoms with Gasteiger partial charge in [0, 0.05) is 36.1 Å². The van der Waals surface area contributed by atoms with Crippen molar-refractivity contribution in [3.8, 4) is 5.75 Å². The van der Waals surface area contributed by atoms with Gasteiger partial charge in [0.15, 0.2) is 0 Å². The van der Waals surface area contributed by atoms with Crippen LogP contribution in [0.5, 0.6) is 5.75 Å². The van der Waals surface area contributed by atoms with Gasteiger partial charge in [-0.2, -0.15) is 0 Å². The molecule has 0 aliphatic carbocycles. The van der Waals surface area contributed by atoms with Gasteiger partial charge >= 0.3 is 0 Å². The van der Waals surface area contributed by atoms with E-state index in [-0.39, 0.29) is 5.75 Å². The molecule has 1 heterocycles. The first-order valence-electron chi connectivity index (χ1n) is 6.80. The molecule has 0 unspecified atom stereocenters. The average Bonchev–Trinajstić information content (AvgIpc) is 2.39. The highest BCUT2D eigenvalue weighted by Gasteiger charge is 2.15. The van der Waals surface area contributed by atoms with Gasteiger partial charge in [-0.1, -0.05) is 6.07 Å². The molecular formula is C16H21N3O. The molecular weight excluding hydrogens is 250 g/mol. The van der Waals surface area contributed by atoms with Gasteiger partial charge in [0.2, 0.25) is 0 Å². The lowest BCUT2D eigenvalue weighted by molar-refractivity contribution is 0.475. The minimum atomic E-state index is 0.250. The van der Waals surface area contributed by atoms with E-state index in [1.54, 1.807) is 12.1 Å². The van der Waals surface area contributed by atoms with E-state index in [2.05, 4.69) is 23.7 Å². The molecule has 4 heteroatoms. The Morgan fingerprint density at radius 1 is 1.25 bits per heavy atom. The Hall–Kier alpha value is -2.07. The molecule has 1 aromatic carbocycles. The lowest BCUT2D eigenvalue weighted by Crippen LogP contribution is -2.21. The van der Waals surface area contributed by atoms with E-state index in [0.29, 0.717) is 6.54 Å². The minimum absolute atomic E-state index is 0.250. The molecule has 0 spiro atoms. The Morgan fingerprint density at radius 3 is 2.60 bits per heavy atom. The highest BCUT2D eigenvalue weighted by atomic mass is 16.3. The van der Waals surface area contributed by atoms with Crippen LogP contribution in [0, 0.1) is 13.8 Å². The van der Waals surface area contributed by atoms with Crippen LogP contribution >= 0.6 is 0 Å². The number of phenolic OH excluding ortho intramolecular Hbond substituents is 1. The lowest BCUT2D eigenvalue weighted by Gasteiger charge is -2.26. The van der Waals surface area contributed by atoms with Gasteiger partial charge in [-0.3, -0.25) is 0 Å². The number of hydrogen-bond donors (Lipinski definition) is 2. The second kappa shape index (κ2) is 5.92. The third-order valence-electron chi connectivity index (χ3n) is 3.37. The van der Waals surface area contributed by atoms with Crippen molar-refractivity contribution in [2.75, 3.05) is 11.4 Å². The Bertz CT molecular complexity index is 611. The highest BCUT2D eigenvalue weighted by molar-refractivity contribution is 5.65. The maximum Gasteiger partial charge on any atom is 0.138 e. The van der Waals surface area contributed by atoms with Crippen molar-refractivity contribution in [2.24, 2.45) is 5.73 Å². The van der Waals surface area contributed by atoms with E-state index in [1.165, 1.54) is 0 Å². The number of nitrogens with two attached hydrogens (primary N) is 1. The molecule has 2 rings (SSSR count). The number of pyridine rings is 1. The Labute approximate surface area is 119 Å². The molecule has 0 saturated carbocycles. The quantitative estimate of drug-likeness (QED) is 0.897. The van der Waals surface area contributed by atoms with E-state index in [4.69, 9.17) is 5.73 Å². The summed E-state index contributed by atoms with van der Waals surface area (Å²) in [7, 11) is 0. The zero-order valence-corrected chi connectivity index (χ0v) is 12.2. The van der Waals surface area contributed by atoms with E-state index in [0.717, 1.165) is 34.9 Å². The average molecular weight is 271 g/mol. The largest absolute Gasteiger partial charge is 0.508 e. The van der Waals surface area contributed by atoms with Crippen LogP contribution in [0.2, 0.25) is 0 Å². The van der Waals surface area contributed by atoms with Crippen molar-refractivity contribution in [3.05, 3.63) is 47.2 Å². The van der Waals surface area contributed by atoms with Gasteiger partial charge in [0.25, 0.3) is 0 Å². The van der Waals surface area contributed by atoms with E-state index >= 15 is 0 Å². The predicted octanol–water partition coefficient (Wildman–Crippen LogP) is 3.02. The van der Waals surface area contributed by atoms with Gasteiger partial charge in [-0.05, 0) is 44.5 Å². The molecule has 20 heavy (non-hydrogen) atoms. The molecule has 1 aromatic heterocycles. The van der Waals surface area contributed by atoms with E-state index in [1.807, 2.05) is 25.1 Å². The normalized spacial score (nSPS) is 10.6. The fraction of sp³-hybridized carbons (Fsp3) is 0.312. The molecule has 3 N–H and O–H groups in total. The number of aryl methyl sites for hydroxylation is 2. The predicted molar refractivity (Wildman–Crippen MR) is 82.4 cm³/mol. The molecule has 0 atom stereocenters. The van der Waals surface area contributed by atoms with Crippen LogP contribution in [-0.2, 0) is 6.54 Å². The molecule has 0 bridgehead atoms. The van der Waals surface area contributed by atoms with Crippen LogP contribution in [0.25, 0.3) is 0 Å². The topological polar surface area (TPSA) is 62.4 Å². The number of rotatable bonds is 4. The minimum Gasteiger partial charge on any atom is -0.508 e. The van der Waals surface area contributed by atoms with Crippen molar-refractivity contribution in [2.45, 2.75) is 27.3 Å². The fourth-order valence-electron chi connectivity index (χ4n) is 2.43. The summed E-state index contributed by atoms with van der Waals surface area (Å²) in [5, 5.41) is 9.67. The van der Waals surface area contributed by atoms with Gasteiger partial charge < -0.3 is 15.7 Å². The molecule has 0 aliphatic rings. The van der Waals surface area contributed by atoms with E-state index in [9.17, 15) is 5.11 Å². The first kappa shape index (κ1) is 14.3. The van der Waals surface area contributed by atoms with Crippen LogP contribution in [-0.4, -0.2) is 16.6 Å². The molecule has 4 nitrogen and oxygen atoms in total. The fourth-order valence-corrected chi connectivity index (χ4v) is 2.43. The molecule has 0 amide bonds. The second-order valence-corrected chi connectivity index (χ2v) is 4.85. The Morgan fingerprint density at radius 2 is 2.00 bits per heavy atom. The number of nitrogens with zero attached hydrogens (tertiary/aromatic N) is 2. The van der Waals surface area contributed by atoms with E-state index < -0.39 is 0 Å². The maximum atomic E-state index is 9.67. The number of hydrogen-bond acceptors (Lipinski definition) is 4. The van der Waals surface area contributed by atoms with Crippen molar-refractivity contribution in [1.82, 2.24) is 4.98 Å². The first-order chi connectivity index (χ1) is 9.56. The molecule has 0 saturated heterocycles. The number of anilines is 2. The number of benzene rings is 1. The summed E-state index contributed by atoms with van der Waals surface area (Å²) in [6.45, 7) is 7.30. The summed E-state index contributed by atoms with van der Waals surface area (Å²) in [6, 6.07) is 9.24. The molecule has 2 aromatic rings. The van der Waals surface area contributed by atoms with Crippen LogP contribution in [0.3, 0.4) is 0 Å². The number of aromatic hydroxyl groups is 1. The molecule has 0 aliphatic heterocycles. The summed E-state index contributed by atoms with van der Waals surface area (Å²) in [5.74, 6) is 1.12. The third kappa shape index (κ3) is 2.75. The molecule has 0 radical (unpaired) electrons. The summed E-state index contributed by atoms with van der Waals surface area (Å²) in [4.78, 5) is 6.72. The van der Waals surface area contributed by atoms with Crippen molar-refractivity contribution in [1.29, 1.82) is 0 Å². The summed E-state index contributed by atoms with van der Waals surface area (Å²) >= 11 is 0. The smallest absolute Gasteiger partial charge is 0.138 e. The first-order valence-corrected chi connectivity index (χ1v) is 6.80. The van der Waals surface area contributed by atoms with Crippen molar-refractivity contribution >= 4 is 11.5 Å². The standard InChI is InChI=1S/C16H21N3O/c1-4-19(13-6-5-7-14(20)9-13)16-15(10-17)11(2)8-12(3)18-16/h5-9,20H,4,10,17H2,1-3H3. The van der Waals surface area contributed by atoms with Gasteiger partial charge in [0.05, 0.1) is 0 Å². The monoisotopic (exact) mass is 271 g/mol. The van der Waals surface area contributed by atoms with Crippen molar-refractivity contribution in [3.63, 3.8) is 0 Å². The third-order valence-corrected chi connectivity index (χ3v) is 3.37. The van der Waals surface area contributed by atoms with Crippen LogP contribution in [0.1, 0.15) is 23.7 Å². The molecule has 106 valence electrons.